The largest absolute Gasteiger partial charge is 0.465 e. The van der Waals surface area contributed by atoms with E-state index in [-0.39, 0.29) is 33.4 Å². The van der Waals surface area contributed by atoms with Crippen molar-refractivity contribution in [2.24, 2.45) is 5.41 Å². The Morgan fingerprint density at radius 2 is 1.86 bits per heavy atom. The Hall–Kier alpha value is -0.283. The molecule has 0 saturated carbocycles. The summed E-state index contributed by atoms with van der Waals surface area (Å²) in [5.41, 5.74) is 3.00. The highest BCUT2D eigenvalue weighted by molar-refractivity contribution is 9.09. The Labute approximate surface area is 192 Å². The number of halogens is 2. The molecule has 0 aromatic rings. The number of carbonyl (C=O) groups excluding carboxylic acids is 1. The van der Waals surface area contributed by atoms with Crippen LogP contribution in [0.2, 0.25) is 18.1 Å². The Bertz CT molecular complexity index is 637. The maximum Gasteiger partial charge on any atom is 0.311 e. The van der Waals surface area contributed by atoms with Crippen molar-refractivity contribution >= 4 is 41.6 Å². The van der Waals surface area contributed by atoms with Crippen LogP contribution in [0.4, 0.5) is 0 Å². The topological polar surface area (TPSA) is 35.5 Å². The van der Waals surface area contributed by atoms with Gasteiger partial charge in [0.2, 0.25) is 0 Å². The van der Waals surface area contributed by atoms with Gasteiger partial charge in [-0.1, -0.05) is 61.8 Å². The lowest BCUT2D eigenvalue weighted by molar-refractivity contribution is -0.154. The molecule has 1 fully saturated rings. The average molecular weight is 506 g/mol. The minimum atomic E-state index is -1.58. The second kappa shape index (κ2) is 10.8. The number of ether oxygens (including phenoxy) is 2. The van der Waals surface area contributed by atoms with Gasteiger partial charge in [0.15, 0.2) is 0 Å². The van der Waals surface area contributed by atoms with Crippen LogP contribution in [-0.4, -0.2) is 43.1 Å². The molecule has 1 aliphatic heterocycles. The van der Waals surface area contributed by atoms with Crippen LogP contribution < -0.4 is 0 Å². The summed E-state index contributed by atoms with van der Waals surface area (Å²) in [4.78, 5) is 12.1. The van der Waals surface area contributed by atoms with Crippen LogP contribution in [0.15, 0.2) is 12.2 Å². The molecule has 0 bridgehead atoms. The van der Waals surface area contributed by atoms with E-state index in [4.69, 9.17) is 21.1 Å². The standard InChI is InChI=1S/C23H38BrClO3Si/c1-22(2,3)21(26)27-14-13-19-17(24)16-18(25)20(28-19)12-10-9-11-15-29(7,8)23(4,5)6/h9-10,17-20H,12-14,16H2,1-8H3/b10-9+/t17-,18+,19-,20+/m1/s1. The highest BCUT2D eigenvalue weighted by atomic mass is 79.9. The molecule has 1 rings (SSSR count). The lowest BCUT2D eigenvalue weighted by Gasteiger charge is -2.37. The molecule has 1 saturated heterocycles. The van der Waals surface area contributed by atoms with Crippen LogP contribution in [0, 0.1) is 16.9 Å². The number of rotatable bonds is 5. The van der Waals surface area contributed by atoms with Crippen molar-refractivity contribution in [2.45, 2.75) is 101 Å². The minimum absolute atomic E-state index is 0.0190. The fourth-order valence-corrected chi connectivity index (χ4v) is 4.70. The molecule has 166 valence electrons. The Morgan fingerprint density at radius 1 is 1.24 bits per heavy atom. The van der Waals surface area contributed by atoms with Crippen LogP contribution in [0.3, 0.4) is 0 Å². The summed E-state index contributed by atoms with van der Waals surface area (Å²) >= 11 is 10.2. The molecule has 0 amide bonds. The molecule has 29 heavy (non-hydrogen) atoms. The first-order valence-electron chi connectivity index (χ1n) is 10.4. The Morgan fingerprint density at radius 3 is 2.41 bits per heavy atom. The van der Waals surface area contributed by atoms with E-state index in [1.54, 1.807) is 0 Å². The molecule has 0 unspecified atom stereocenters. The highest BCUT2D eigenvalue weighted by Crippen LogP contribution is 2.35. The van der Waals surface area contributed by atoms with Crippen LogP contribution >= 0.6 is 27.5 Å². The number of allylic oxidation sites excluding steroid dienone is 1. The summed E-state index contributed by atoms with van der Waals surface area (Å²) < 4.78 is 11.6. The number of alkyl halides is 2. The van der Waals surface area contributed by atoms with Crippen LogP contribution in [0.1, 0.15) is 60.8 Å². The quantitative estimate of drug-likeness (QED) is 0.185. The van der Waals surface area contributed by atoms with Crippen molar-refractivity contribution in [3.8, 4) is 11.5 Å². The second-order valence-electron chi connectivity index (χ2n) is 10.4. The van der Waals surface area contributed by atoms with Crippen molar-refractivity contribution in [2.75, 3.05) is 6.61 Å². The van der Waals surface area contributed by atoms with Crippen molar-refractivity contribution in [3.63, 3.8) is 0 Å². The van der Waals surface area contributed by atoms with Gasteiger partial charge in [-0.2, -0.15) is 0 Å². The molecule has 4 atom stereocenters. The van der Waals surface area contributed by atoms with E-state index in [9.17, 15) is 4.79 Å². The second-order valence-corrected chi connectivity index (χ2v) is 17.2. The third-order valence-corrected chi connectivity index (χ3v) is 11.6. The molecular weight excluding hydrogens is 468 g/mol. The molecule has 0 aromatic carbocycles. The summed E-state index contributed by atoms with van der Waals surface area (Å²) in [6.45, 7) is 17.3. The van der Waals surface area contributed by atoms with Gasteiger partial charge in [-0.3, -0.25) is 4.79 Å². The van der Waals surface area contributed by atoms with Gasteiger partial charge in [0.25, 0.3) is 0 Å². The third-order valence-electron chi connectivity index (χ3n) is 5.68. The van der Waals surface area contributed by atoms with Crippen molar-refractivity contribution in [3.05, 3.63) is 12.2 Å². The van der Waals surface area contributed by atoms with E-state index >= 15 is 0 Å². The monoisotopic (exact) mass is 504 g/mol. The lowest BCUT2D eigenvalue weighted by Crippen LogP contribution is -2.43. The molecule has 1 heterocycles. The number of esters is 1. The molecule has 3 nitrogen and oxygen atoms in total. The van der Waals surface area contributed by atoms with E-state index in [0.29, 0.717) is 13.0 Å². The predicted molar refractivity (Wildman–Crippen MR) is 129 cm³/mol. The van der Waals surface area contributed by atoms with E-state index < -0.39 is 13.5 Å². The summed E-state index contributed by atoms with van der Waals surface area (Å²) in [6.07, 6.45) is 6.15. The maximum absolute atomic E-state index is 11.9. The average Bonchev–Trinajstić information content (AvgIpc) is 2.55. The third kappa shape index (κ3) is 8.77. The van der Waals surface area contributed by atoms with Crippen LogP contribution in [0.25, 0.3) is 0 Å². The summed E-state index contributed by atoms with van der Waals surface area (Å²) in [6, 6.07) is 0. The van der Waals surface area contributed by atoms with Gasteiger partial charge in [-0.25, -0.2) is 0 Å². The first kappa shape index (κ1) is 26.8. The Kier molecular flexibility index (Phi) is 10.0. The molecule has 0 spiro atoms. The van der Waals surface area contributed by atoms with E-state index in [0.717, 1.165) is 12.8 Å². The van der Waals surface area contributed by atoms with Gasteiger partial charge in [-0.05, 0) is 44.7 Å². The SMILES string of the molecule is CC(C)(C)C(=O)OCC[C@H]1O[C@@H](C/C=C/C#C[Si](C)(C)C(C)(C)C)[C@@H](Cl)C[C@H]1Br. The zero-order valence-corrected chi connectivity index (χ0v) is 22.6. The minimum Gasteiger partial charge on any atom is -0.465 e. The van der Waals surface area contributed by atoms with Gasteiger partial charge >= 0.3 is 5.97 Å². The summed E-state index contributed by atoms with van der Waals surface area (Å²) in [7, 11) is -1.58. The van der Waals surface area contributed by atoms with E-state index in [1.807, 2.05) is 26.8 Å². The Balaban J connectivity index is 2.57. The van der Waals surface area contributed by atoms with Crippen LogP contribution in [-0.2, 0) is 14.3 Å². The molecule has 0 aliphatic carbocycles. The van der Waals surface area contributed by atoms with Crippen molar-refractivity contribution in [1.29, 1.82) is 0 Å². The van der Waals surface area contributed by atoms with E-state index in [1.165, 1.54) is 0 Å². The fraction of sp³-hybridized carbons (Fsp3) is 0.783. The smallest absolute Gasteiger partial charge is 0.311 e. The first-order valence-corrected chi connectivity index (χ1v) is 14.8. The van der Waals surface area contributed by atoms with Gasteiger partial charge in [0, 0.05) is 11.2 Å². The molecule has 0 aromatic heterocycles. The normalized spacial score (nSPS) is 26.1. The zero-order chi connectivity index (χ0) is 22.5. The predicted octanol–water partition coefficient (Wildman–Crippen LogP) is 6.49. The molecule has 0 radical (unpaired) electrons. The lowest BCUT2D eigenvalue weighted by atomic mass is 9.97. The van der Waals surface area contributed by atoms with Gasteiger partial charge in [0.1, 0.15) is 8.07 Å². The first-order chi connectivity index (χ1) is 13.1. The fourth-order valence-electron chi connectivity index (χ4n) is 2.52. The van der Waals surface area contributed by atoms with E-state index in [2.05, 4.69) is 67.3 Å². The summed E-state index contributed by atoms with van der Waals surface area (Å²) in [5, 5.41) is 0.210. The molecule has 1 aliphatic rings. The van der Waals surface area contributed by atoms with Gasteiger partial charge in [-0.15, -0.1) is 17.1 Å². The molecule has 0 N–H and O–H groups in total. The molecular formula is C23H38BrClO3Si. The number of hydrogen-bond acceptors (Lipinski definition) is 3. The van der Waals surface area contributed by atoms with Crippen molar-refractivity contribution in [1.82, 2.24) is 0 Å². The van der Waals surface area contributed by atoms with Crippen molar-refractivity contribution < 1.29 is 14.3 Å². The number of hydrogen-bond donors (Lipinski definition) is 0. The van der Waals surface area contributed by atoms with Gasteiger partial charge < -0.3 is 9.47 Å². The van der Waals surface area contributed by atoms with Gasteiger partial charge in [0.05, 0.1) is 29.6 Å². The zero-order valence-electron chi connectivity index (χ0n) is 19.3. The maximum atomic E-state index is 11.9. The molecule has 6 heteroatoms. The van der Waals surface area contributed by atoms with Crippen LogP contribution in [0.5, 0.6) is 0 Å². The highest BCUT2D eigenvalue weighted by Gasteiger charge is 2.36. The number of carbonyl (C=O) groups is 1. The summed E-state index contributed by atoms with van der Waals surface area (Å²) in [5.74, 6) is 3.05.